The van der Waals surface area contributed by atoms with Gasteiger partial charge in [0, 0.05) is 16.8 Å². The van der Waals surface area contributed by atoms with Gasteiger partial charge in [0.2, 0.25) is 0 Å². The predicted octanol–water partition coefficient (Wildman–Crippen LogP) is 2.19. The van der Waals surface area contributed by atoms with E-state index in [1.807, 2.05) is 24.4 Å². The van der Waals surface area contributed by atoms with Gasteiger partial charge < -0.3 is 5.73 Å². The number of aryl methyl sites for hydroxylation is 1. The van der Waals surface area contributed by atoms with Gasteiger partial charge in [-0.25, -0.2) is 4.98 Å². The van der Waals surface area contributed by atoms with E-state index in [4.69, 9.17) is 5.73 Å². The molecule has 0 radical (unpaired) electrons. The molecule has 2 aromatic heterocycles. The van der Waals surface area contributed by atoms with Crippen molar-refractivity contribution >= 4 is 27.2 Å². The maximum absolute atomic E-state index is 5.77. The fourth-order valence-corrected chi connectivity index (χ4v) is 1.95. The molecule has 0 aliphatic heterocycles. The normalized spacial score (nSPS) is 10.6. The van der Waals surface area contributed by atoms with Crippen LogP contribution in [0.3, 0.4) is 0 Å². The van der Waals surface area contributed by atoms with E-state index in [2.05, 4.69) is 4.98 Å². The zero-order valence-corrected chi connectivity index (χ0v) is 6.98. The van der Waals surface area contributed by atoms with E-state index >= 15 is 0 Å². The quantitative estimate of drug-likeness (QED) is 0.648. The molecular formula is C8H8N2S. The second-order valence-corrected chi connectivity index (χ2v) is 3.39. The Labute approximate surface area is 68.7 Å². The number of hydrogen-bond donors (Lipinski definition) is 1. The maximum atomic E-state index is 5.77. The molecule has 0 spiro atoms. The van der Waals surface area contributed by atoms with Crippen LogP contribution in [0, 0.1) is 6.92 Å². The molecule has 0 bridgehead atoms. The summed E-state index contributed by atoms with van der Waals surface area (Å²) in [6, 6.07) is 3.90. The van der Waals surface area contributed by atoms with Crippen LogP contribution in [0.2, 0.25) is 0 Å². The minimum absolute atomic E-state index is 0.828. The van der Waals surface area contributed by atoms with Crippen molar-refractivity contribution < 1.29 is 0 Å². The number of thiophene rings is 1. The number of nitrogens with zero attached hydrogens (tertiary/aromatic N) is 1. The largest absolute Gasteiger partial charge is 0.398 e. The standard InChI is InChI=1S/C8H8N2S/c1-5-4-7(9)6-2-3-11-8(6)10-5/h2-4H,1H3,(H2,9,10). The molecule has 2 aromatic rings. The minimum atomic E-state index is 0.828. The first-order valence-electron chi connectivity index (χ1n) is 3.38. The van der Waals surface area contributed by atoms with Crippen LogP contribution in [-0.2, 0) is 0 Å². The van der Waals surface area contributed by atoms with Gasteiger partial charge in [-0.1, -0.05) is 0 Å². The van der Waals surface area contributed by atoms with Crippen LogP contribution >= 0.6 is 11.3 Å². The number of nitrogens with two attached hydrogens (primary N) is 1. The molecule has 2 nitrogen and oxygen atoms in total. The lowest BCUT2D eigenvalue weighted by Gasteiger charge is -1.96. The van der Waals surface area contributed by atoms with Crippen LogP contribution in [0.1, 0.15) is 5.69 Å². The molecule has 0 saturated heterocycles. The minimum Gasteiger partial charge on any atom is -0.398 e. The van der Waals surface area contributed by atoms with E-state index in [1.165, 1.54) is 0 Å². The fourth-order valence-electron chi connectivity index (χ4n) is 1.10. The number of pyridine rings is 1. The third-order valence-electron chi connectivity index (χ3n) is 1.60. The first kappa shape index (κ1) is 6.61. The molecule has 2 heterocycles. The van der Waals surface area contributed by atoms with Gasteiger partial charge >= 0.3 is 0 Å². The number of aromatic nitrogens is 1. The van der Waals surface area contributed by atoms with Gasteiger partial charge in [-0.15, -0.1) is 11.3 Å². The van der Waals surface area contributed by atoms with Gasteiger partial charge in [-0.3, -0.25) is 0 Å². The van der Waals surface area contributed by atoms with Crippen molar-refractivity contribution in [1.82, 2.24) is 4.98 Å². The summed E-state index contributed by atoms with van der Waals surface area (Å²) in [5, 5.41) is 3.08. The molecule has 11 heavy (non-hydrogen) atoms. The molecule has 0 amide bonds. The molecule has 56 valence electrons. The van der Waals surface area contributed by atoms with Crippen LogP contribution in [0.25, 0.3) is 10.2 Å². The van der Waals surface area contributed by atoms with Crippen molar-refractivity contribution in [2.24, 2.45) is 0 Å². The Hall–Kier alpha value is -1.09. The van der Waals surface area contributed by atoms with Crippen molar-refractivity contribution in [2.75, 3.05) is 5.73 Å². The van der Waals surface area contributed by atoms with E-state index in [1.54, 1.807) is 11.3 Å². The molecule has 0 atom stereocenters. The topological polar surface area (TPSA) is 38.9 Å². The Bertz CT molecular complexity index is 392. The molecule has 0 saturated carbocycles. The summed E-state index contributed by atoms with van der Waals surface area (Å²) in [7, 11) is 0. The van der Waals surface area contributed by atoms with Crippen LogP contribution in [0.4, 0.5) is 5.69 Å². The summed E-state index contributed by atoms with van der Waals surface area (Å²) in [4.78, 5) is 5.37. The number of hydrogen-bond acceptors (Lipinski definition) is 3. The van der Waals surface area contributed by atoms with Gasteiger partial charge in [0.15, 0.2) is 0 Å². The zero-order chi connectivity index (χ0) is 7.84. The van der Waals surface area contributed by atoms with Gasteiger partial charge in [0.05, 0.1) is 0 Å². The zero-order valence-electron chi connectivity index (χ0n) is 6.16. The highest BCUT2D eigenvalue weighted by atomic mass is 32.1. The number of nitrogen functional groups attached to an aromatic ring is 1. The van der Waals surface area contributed by atoms with Gasteiger partial charge in [0.25, 0.3) is 0 Å². The van der Waals surface area contributed by atoms with Crippen LogP contribution < -0.4 is 5.73 Å². The van der Waals surface area contributed by atoms with Crippen LogP contribution in [0.5, 0.6) is 0 Å². The van der Waals surface area contributed by atoms with E-state index in [0.717, 1.165) is 21.6 Å². The SMILES string of the molecule is Cc1cc(N)c2ccsc2n1. The predicted molar refractivity (Wildman–Crippen MR) is 48.8 cm³/mol. The van der Waals surface area contributed by atoms with Gasteiger partial charge in [0.1, 0.15) is 4.83 Å². The number of fused-ring (bicyclic) bond motifs is 1. The second-order valence-electron chi connectivity index (χ2n) is 2.49. The lowest BCUT2D eigenvalue weighted by Crippen LogP contribution is -1.88. The number of rotatable bonds is 0. The molecule has 2 rings (SSSR count). The molecule has 0 aromatic carbocycles. The summed E-state index contributed by atoms with van der Waals surface area (Å²) in [5.74, 6) is 0. The highest BCUT2D eigenvalue weighted by Crippen LogP contribution is 2.24. The summed E-state index contributed by atoms with van der Waals surface area (Å²) >= 11 is 1.62. The van der Waals surface area contributed by atoms with Crippen molar-refractivity contribution in [3.05, 3.63) is 23.2 Å². The van der Waals surface area contributed by atoms with E-state index in [9.17, 15) is 0 Å². The Balaban J connectivity index is 2.91. The van der Waals surface area contributed by atoms with Gasteiger partial charge in [-0.05, 0) is 24.4 Å². The monoisotopic (exact) mass is 164 g/mol. The molecule has 2 N–H and O–H groups in total. The number of anilines is 1. The first-order valence-corrected chi connectivity index (χ1v) is 4.25. The maximum Gasteiger partial charge on any atom is 0.125 e. The second kappa shape index (κ2) is 2.20. The average Bonchev–Trinajstić information content (AvgIpc) is 2.34. The summed E-state index contributed by atoms with van der Waals surface area (Å²) in [6.07, 6.45) is 0. The van der Waals surface area contributed by atoms with E-state index < -0.39 is 0 Å². The average molecular weight is 164 g/mol. The summed E-state index contributed by atoms with van der Waals surface area (Å²) in [5.41, 5.74) is 7.58. The Morgan fingerprint density at radius 3 is 3.18 bits per heavy atom. The Morgan fingerprint density at radius 2 is 2.36 bits per heavy atom. The lowest BCUT2D eigenvalue weighted by molar-refractivity contribution is 1.27. The van der Waals surface area contributed by atoms with Crippen LogP contribution in [-0.4, -0.2) is 4.98 Å². The van der Waals surface area contributed by atoms with Crippen molar-refractivity contribution in [3.8, 4) is 0 Å². The third kappa shape index (κ3) is 0.973. The first-order chi connectivity index (χ1) is 5.27. The Morgan fingerprint density at radius 1 is 1.55 bits per heavy atom. The molecule has 0 aliphatic carbocycles. The molecular weight excluding hydrogens is 156 g/mol. The van der Waals surface area contributed by atoms with Crippen LogP contribution in [0.15, 0.2) is 17.5 Å². The van der Waals surface area contributed by atoms with Gasteiger partial charge in [-0.2, -0.15) is 0 Å². The van der Waals surface area contributed by atoms with Crippen molar-refractivity contribution in [2.45, 2.75) is 6.92 Å². The smallest absolute Gasteiger partial charge is 0.125 e. The molecule has 0 aliphatic rings. The van der Waals surface area contributed by atoms with Crippen molar-refractivity contribution in [1.29, 1.82) is 0 Å². The van der Waals surface area contributed by atoms with E-state index in [0.29, 0.717) is 0 Å². The van der Waals surface area contributed by atoms with Crippen molar-refractivity contribution in [3.63, 3.8) is 0 Å². The van der Waals surface area contributed by atoms with E-state index in [-0.39, 0.29) is 0 Å². The molecule has 3 heteroatoms. The fraction of sp³-hybridized carbons (Fsp3) is 0.125. The lowest BCUT2D eigenvalue weighted by atomic mass is 10.2. The summed E-state index contributed by atoms with van der Waals surface area (Å²) < 4.78 is 0. The molecule has 0 fully saturated rings. The third-order valence-corrected chi connectivity index (χ3v) is 2.40. The molecule has 0 unspecified atom stereocenters. The highest BCUT2D eigenvalue weighted by Gasteiger charge is 2.00. The summed E-state index contributed by atoms with van der Waals surface area (Å²) in [6.45, 7) is 1.95. The highest BCUT2D eigenvalue weighted by molar-refractivity contribution is 7.16. The Kier molecular flexibility index (Phi) is 1.32.